The monoisotopic (exact) mass is 309 g/mol. The van der Waals surface area contributed by atoms with Gasteiger partial charge in [0.05, 0.1) is 0 Å². The molecule has 1 aromatic heterocycles. The normalized spacial score (nSPS) is 12.4. The summed E-state index contributed by atoms with van der Waals surface area (Å²) in [6.07, 6.45) is -0.894. The van der Waals surface area contributed by atoms with Crippen LogP contribution in [0, 0.1) is 5.82 Å². The van der Waals surface area contributed by atoms with E-state index in [0.29, 0.717) is 10.1 Å². The van der Waals surface area contributed by atoms with Crippen molar-refractivity contribution in [1.82, 2.24) is 5.32 Å². The van der Waals surface area contributed by atoms with Crippen LogP contribution in [0.3, 0.4) is 0 Å². The highest BCUT2D eigenvalue weighted by Gasteiger charge is 2.21. The molecule has 0 unspecified atom stereocenters. The Morgan fingerprint density at radius 2 is 2.00 bits per heavy atom. The van der Waals surface area contributed by atoms with Crippen LogP contribution in [0.5, 0.6) is 0 Å². The van der Waals surface area contributed by atoms with Crippen molar-refractivity contribution in [2.45, 2.75) is 32.9 Å². The first-order valence-corrected chi connectivity index (χ1v) is 7.39. The minimum Gasteiger partial charge on any atom is -0.448 e. The molecule has 0 saturated heterocycles. The molecule has 0 saturated carbocycles. The fraction of sp³-hybridized carbons (Fsp3) is 0.333. The second-order valence-electron chi connectivity index (χ2n) is 4.97. The zero-order chi connectivity index (χ0) is 15.6. The van der Waals surface area contributed by atoms with Gasteiger partial charge < -0.3 is 10.1 Å². The van der Waals surface area contributed by atoms with Gasteiger partial charge in [0, 0.05) is 16.1 Å². The molecule has 2 aromatic rings. The van der Waals surface area contributed by atoms with Crippen molar-refractivity contribution in [3.63, 3.8) is 0 Å². The lowest BCUT2D eigenvalue weighted by molar-refractivity contribution is -0.129. The minimum absolute atomic E-state index is 0.0305. The van der Waals surface area contributed by atoms with Crippen LogP contribution >= 0.6 is 11.3 Å². The van der Waals surface area contributed by atoms with Crippen LogP contribution < -0.4 is 5.32 Å². The molecule has 0 radical (unpaired) electrons. The summed E-state index contributed by atoms with van der Waals surface area (Å²) in [6.45, 7) is 5.14. The molecule has 112 valence electrons. The first-order valence-electron chi connectivity index (χ1n) is 6.58. The van der Waals surface area contributed by atoms with E-state index >= 15 is 0 Å². The number of ether oxygens (including phenoxy) is 1. The Morgan fingerprint density at radius 3 is 2.62 bits per heavy atom. The molecule has 1 N–H and O–H groups in total. The van der Waals surface area contributed by atoms with E-state index in [9.17, 15) is 14.0 Å². The maximum absolute atomic E-state index is 13.6. The summed E-state index contributed by atoms with van der Waals surface area (Å²) in [5.74, 6) is -1.36. The number of halogens is 1. The fourth-order valence-electron chi connectivity index (χ4n) is 1.80. The van der Waals surface area contributed by atoms with E-state index in [4.69, 9.17) is 4.74 Å². The van der Waals surface area contributed by atoms with Gasteiger partial charge in [0.1, 0.15) is 10.7 Å². The number of hydrogen-bond donors (Lipinski definition) is 1. The zero-order valence-corrected chi connectivity index (χ0v) is 12.8. The number of amides is 1. The molecule has 0 bridgehead atoms. The standard InChI is InChI=1S/C15H16FNO3S/c1-8(2)17-14(18)9(3)20-15(19)13-7-10-11(16)5-4-6-12(10)21-13/h4-9H,1-3H3,(H,17,18)/t9-/m1/s1. The van der Waals surface area contributed by atoms with Crippen LogP contribution in [-0.2, 0) is 9.53 Å². The Kier molecular flexibility index (Phi) is 4.57. The first kappa shape index (κ1) is 15.4. The van der Waals surface area contributed by atoms with Gasteiger partial charge in [-0.1, -0.05) is 6.07 Å². The molecule has 0 aliphatic heterocycles. The fourth-order valence-corrected chi connectivity index (χ4v) is 2.76. The lowest BCUT2D eigenvalue weighted by Gasteiger charge is -2.14. The van der Waals surface area contributed by atoms with Gasteiger partial charge in [-0.3, -0.25) is 4.79 Å². The SMILES string of the molecule is CC(C)NC(=O)[C@@H](C)OC(=O)c1cc2c(F)cccc2s1. The van der Waals surface area contributed by atoms with E-state index in [0.717, 1.165) is 11.3 Å². The maximum Gasteiger partial charge on any atom is 0.349 e. The molecular formula is C15H16FNO3S. The van der Waals surface area contributed by atoms with Gasteiger partial charge in [0.15, 0.2) is 6.10 Å². The van der Waals surface area contributed by atoms with Gasteiger partial charge in [0.25, 0.3) is 5.91 Å². The van der Waals surface area contributed by atoms with E-state index in [1.807, 2.05) is 13.8 Å². The highest BCUT2D eigenvalue weighted by Crippen LogP contribution is 2.28. The van der Waals surface area contributed by atoms with E-state index in [1.165, 1.54) is 19.1 Å². The summed E-state index contributed by atoms with van der Waals surface area (Å²) in [5, 5.41) is 3.05. The molecule has 1 amide bonds. The molecule has 21 heavy (non-hydrogen) atoms. The Morgan fingerprint density at radius 1 is 1.29 bits per heavy atom. The van der Waals surface area contributed by atoms with Gasteiger partial charge in [0.2, 0.25) is 0 Å². The molecule has 0 spiro atoms. The smallest absolute Gasteiger partial charge is 0.349 e. The average Bonchev–Trinajstić information content (AvgIpc) is 2.83. The summed E-state index contributed by atoms with van der Waals surface area (Å²) in [4.78, 5) is 24.0. The second-order valence-corrected chi connectivity index (χ2v) is 6.06. The van der Waals surface area contributed by atoms with Crippen molar-refractivity contribution in [1.29, 1.82) is 0 Å². The largest absolute Gasteiger partial charge is 0.448 e. The van der Waals surface area contributed by atoms with Crippen molar-refractivity contribution in [2.24, 2.45) is 0 Å². The van der Waals surface area contributed by atoms with Crippen molar-refractivity contribution >= 4 is 33.3 Å². The predicted molar refractivity (Wildman–Crippen MR) is 79.9 cm³/mol. The molecule has 1 heterocycles. The number of carbonyl (C=O) groups excluding carboxylic acids is 2. The lowest BCUT2D eigenvalue weighted by Crippen LogP contribution is -2.39. The third-order valence-corrected chi connectivity index (χ3v) is 3.87. The summed E-state index contributed by atoms with van der Waals surface area (Å²) in [5.41, 5.74) is 0. The number of fused-ring (bicyclic) bond motifs is 1. The van der Waals surface area contributed by atoms with Gasteiger partial charge in [-0.05, 0) is 39.0 Å². The number of hydrogen-bond acceptors (Lipinski definition) is 4. The Hall–Kier alpha value is -1.95. The molecule has 1 atom stereocenters. The average molecular weight is 309 g/mol. The van der Waals surface area contributed by atoms with Crippen LogP contribution in [0.15, 0.2) is 24.3 Å². The topological polar surface area (TPSA) is 55.4 Å². The Bertz CT molecular complexity index is 681. The Balaban J connectivity index is 2.12. The van der Waals surface area contributed by atoms with E-state index < -0.39 is 12.1 Å². The number of carbonyl (C=O) groups is 2. The van der Waals surface area contributed by atoms with E-state index in [2.05, 4.69) is 5.32 Å². The molecule has 4 nitrogen and oxygen atoms in total. The highest BCUT2D eigenvalue weighted by atomic mass is 32.1. The number of benzene rings is 1. The van der Waals surface area contributed by atoms with Crippen LogP contribution in [0.1, 0.15) is 30.4 Å². The zero-order valence-electron chi connectivity index (χ0n) is 12.0. The second kappa shape index (κ2) is 6.22. The number of thiophene rings is 1. The quantitative estimate of drug-likeness (QED) is 0.883. The van der Waals surface area contributed by atoms with Crippen LogP contribution in [-0.4, -0.2) is 24.0 Å². The van der Waals surface area contributed by atoms with Gasteiger partial charge in [-0.25, -0.2) is 9.18 Å². The number of rotatable bonds is 4. The van der Waals surface area contributed by atoms with Gasteiger partial charge in [-0.15, -0.1) is 11.3 Å². The Labute approximate surface area is 125 Å². The first-order chi connectivity index (χ1) is 9.88. The van der Waals surface area contributed by atoms with Crippen molar-refractivity contribution in [3.05, 3.63) is 35.0 Å². The molecule has 0 aliphatic carbocycles. The van der Waals surface area contributed by atoms with Gasteiger partial charge >= 0.3 is 5.97 Å². The van der Waals surface area contributed by atoms with Gasteiger partial charge in [-0.2, -0.15) is 0 Å². The summed E-state index contributed by atoms with van der Waals surface area (Å²) >= 11 is 1.14. The predicted octanol–water partition coefficient (Wildman–Crippen LogP) is 3.11. The van der Waals surface area contributed by atoms with Crippen LogP contribution in [0.2, 0.25) is 0 Å². The van der Waals surface area contributed by atoms with Crippen LogP contribution in [0.4, 0.5) is 4.39 Å². The molecule has 0 aliphatic rings. The van der Waals surface area contributed by atoms with E-state index in [1.54, 1.807) is 12.1 Å². The summed E-state index contributed by atoms with van der Waals surface area (Å²) < 4.78 is 19.4. The summed E-state index contributed by atoms with van der Waals surface area (Å²) in [7, 11) is 0. The van der Waals surface area contributed by atoms with Crippen LogP contribution in [0.25, 0.3) is 10.1 Å². The molecular weight excluding hydrogens is 293 g/mol. The van der Waals surface area contributed by atoms with Crippen molar-refractivity contribution < 1.29 is 18.7 Å². The van der Waals surface area contributed by atoms with E-state index in [-0.39, 0.29) is 22.6 Å². The third kappa shape index (κ3) is 3.58. The maximum atomic E-state index is 13.6. The third-order valence-electron chi connectivity index (χ3n) is 2.79. The molecule has 0 fully saturated rings. The molecule has 1 aromatic carbocycles. The van der Waals surface area contributed by atoms with Crippen molar-refractivity contribution in [3.8, 4) is 0 Å². The highest BCUT2D eigenvalue weighted by molar-refractivity contribution is 7.20. The molecule has 6 heteroatoms. The summed E-state index contributed by atoms with van der Waals surface area (Å²) in [6, 6.07) is 6.07. The van der Waals surface area contributed by atoms with Crippen molar-refractivity contribution in [2.75, 3.05) is 0 Å². The minimum atomic E-state index is -0.894. The number of nitrogens with one attached hydrogen (secondary N) is 1. The number of esters is 1. The lowest BCUT2D eigenvalue weighted by atomic mass is 10.2. The molecule has 2 rings (SSSR count).